The molecule has 1 aromatic heterocycles. The van der Waals surface area contributed by atoms with Crippen LogP contribution in [0.4, 0.5) is 15.9 Å². The zero-order chi connectivity index (χ0) is 13.1. The number of carboxylic acid groups (broad SMARTS) is 1. The summed E-state index contributed by atoms with van der Waals surface area (Å²) < 4.78 is 13.8. The second kappa shape index (κ2) is 5.30. The summed E-state index contributed by atoms with van der Waals surface area (Å²) >= 11 is 1.87. The predicted octanol–water partition coefficient (Wildman–Crippen LogP) is 3.27. The van der Waals surface area contributed by atoms with Crippen LogP contribution in [0, 0.1) is 9.39 Å². The quantitative estimate of drug-likeness (QED) is 0.827. The van der Waals surface area contributed by atoms with Crippen LogP contribution in [0.1, 0.15) is 10.5 Å². The molecule has 6 heteroatoms. The van der Waals surface area contributed by atoms with Crippen molar-refractivity contribution >= 4 is 40.1 Å². The van der Waals surface area contributed by atoms with Gasteiger partial charge in [-0.15, -0.1) is 0 Å². The Bertz CT molecular complexity index is 604. The van der Waals surface area contributed by atoms with Gasteiger partial charge in [0.05, 0.1) is 9.26 Å². The molecule has 2 N–H and O–H groups in total. The van der Waals surface area contributed by atoms with Crippen molar-refractivity contribution in [1.29, 1.82) is 0 Å². The number of benzene rings is 1. The summed E-state index contributed by atoms with van der Waals surface area (Å²) in [6.07, 6.45) is 0. The van der Waals surface area contributed by atoms with E-state index >= 15 is 0 Å². The van der Waals surface area contributed by atoms with Crippen LogP contribution in [0.2, 0.25) is 0 Å². The maximum absolute atomic E-state index is 13.3. The molecule has 92 valence electrons. The van der Waals surface area contributed by atoms with Crippen molar-refractivity contribution in [3.8, 4) is 0 Å². The van der Waals surface area contributed by atoms with Crippen LogP contribution in [-0.4, -0.2) is 16.1 Å². The van der Waals surface area contributed by atoms with E-state index in [0.29, 0.717) is 15.1 Å². The minimum atomic E-state index is -1.10. The zero-order valence-corrected chi connectivity index (χ0v) is 11.2. The molecule has 2 rings (SSSR count). The topological polar surface area (TPSA) is 62.2 Å². The molecule has 4 nitrogen and oxygen atoms in total. The Balaban J connectivity index is 2.31. The van der Waals surface area contributed by atoms with Crippen LogP contribution in [0.5, 0.6) is 0 Å². The van der Waals surface area contributed by atoms with Gasteiger partial charge in [-0.2, -0.15) is 0 Å². The molecular weight excluding hydrogens is 350 g/mol. The van der Waals surface area contributed by atoms with Crippen LogP contribution in [0.3, 0.4) is 0 Å². The van der Waals surface area contributed by atoms with Crippen molar-refractivity contribution in [1.82, 2.24) is 4.98 Å². The van der Waals surface area contributed by atoms with E-state index in [-0.39, 0.29) is 11.5 Å². The van der Waals surface area contributed by atoms with Crippen molar-refractivity contribution < 1.29 is 14.3 Å². The SMILES string of the molecule is O=C(O)c1cccc(Nc2cccc(F)c2I)n1. The van der Waals surface area contributed by atoms with Gasteiger partial charge in [-0.25, -0.2) is 14.2 Å². The van der Waals surface area contributed by atoms with E-state index in [0.717, 1.165) is 0 Å². The number of carbonyl (C=O) groups is 1. The van der Waals surface area contributed by atoms with Crippen molar-refractivity contribution in [3.63, 3.8) is 0 Å². The Morgan fingerprint density at radius 2 is 2.00 bits per heavy atom. The van der Waals surface area contributed by atoms with E-state index in [9.17, 15) is 9.18 Å². The van der Waals surface area contributed by atoms with Gasteiger partial charge in [-0.05, 0) is 46.9 Å². The average molecular weight is 358 g/mol. The lowest BCUT2D eigenvalue weighted by atomic mass is 10.3. The number of carboxylic acids is 1. The molecule has 0 amide bonds. The molecule has 0 aliphatic rings. The first-order chi connectivity index (χ1) is 8.58. The van der Waals surface area contributed by atoms with Crippen molar-refractivity contribution in [2.75, 3.05) is 5.32 Å². The molecule has 0 aliphatic heterocycles. The summed E-state index contributed by atoms with van der Waals surface area (Å²) in [5.41, 5.74) is 0.483. The average Bonchev–Trinajstić information content (AvgIpc) is 2.35. The van der Waals surface area contributed by atoms with E-state index in [4.69, 9.17) is 5.11 Å². The van der Waals surface area contributed by atoms with Gasteiger partial charge in [0.1, 0.15) is 11.6 Å². The summed E-state index contributed by atoms with van der Waals surface area (Å²) in [6.45, 7) is 0. The fourth-order valence-electron chi connectivity index (χ4n) is 1.36. The first-order valence-electron chi connectivity index (χ1n) is 4.99. The molecule has 0 aliphatic carbocycles. The number of hydrogen-bond acceptors (Lipinski definition) is 3. The number of nitrogens with zero attached hydrogens (tertiary/aromatic N) is 1. The normalized spacial score (nSPS) is 10.1. The Hall–Kier alpha value is -1.70. The molecule has 0 saturated carbocycles. The fourth-order valence-corrected chi connectivity index (χ4v) is 1.86. The molecule has 18 heavy (non-hydrogen) atoms. The number of halogens is 2. The third kappa shape index (κ3) is 2.76. The Labute approximate surface area is 116 Å². The highest BCUT2D eigenvalue weighted by atomic mass is 127. The first kappa shape index (κ1) is 12.7. The third-order valence-corrected chi connectivity index (χ3v) is 3.28. The Morgan fingerprint density at radius 3 is 2.72 bits per heavy atom. The standard InChI is InChI=1S/C12H8FIN2O2/c13-7-3-1-4-8(11(7)14)15-10-6-2-5-9(16-10)12(17)18/h1-6H,(H,15,16)(H,17,18). The highest BCUT2D eigenvalue weighted by molar-refractivity contribution is 14.1. The van der Waals surface area contributed by atoms with Crippen LogP contribution in [0.25, 0.3) is 0 Å². The van der Waals surface area contributed by atoms with Crippen LogP contribution in [0.15, 0.2) is 36.4 Å². The lowest BCUT2D eigenvalue weighted by Gasteiger charge is -2.08. The summed E-state index contributed by atoms with van der Waals surface area (Å²) in [6, 6.07) is 9.21. The lowest BCUT2D eigenvalue weighted by Crippen LogP contribution is -2.03. The summed E-state index contributed by atoms with van der Waals surface area (Å²) in [7, 11) is 0. The zero-order valence-electron chi connectivity index (χ0n) is 9.02. The van der Waals surface area contributed by atoms with Crippen LogP contribution >= 0.6 is 22.6 Å². The lowest BCUT2D eigenvalue weighted by molar-refractivity contribution is 0.0690. The highest BCUT2D eigenvalue weighted by Crippen LogP contribution is 2.23. The minimum Gasteiger partial charge on any atom is -0.477 e. The van der Waals surface area contributed by atoms with Crippen molar-refractivity contribution in [3.05, 3.63) is 51.5 Å². The van der Waals surface area contributed by atoms with Gasteiger partial charge < -0.3 is 10.4 Å². The molecule has 0 fully saturated rings. The highest BCUT2D eigenvalue weighted by Gasteiger charge is 2.08. The molecule has 0 unspecified atom stereocenters. The molecule has 2 aromatic rings. The summed E-state index contributed by atoms with van der Waals surface area (Å²) in [4.78, 5) is 14.7. The number of hydrogen-bond donors (Lipinski definition) is 2. The number of nitrogens with one attached hydrogen (secondary N) is 1. The molecule has 0 atom stereocenters. The fraction of sp³-hybridized carbons (Fsp3) is 0. The Kier molecular flexibility index (Phi) is 3.75. The van der Waals surface area contributed by atoms with Crippen molar-refractivity contribution in [2.24, 2.45) is 0 Å². The summed E-state index contributed by atoms with van der Waals surface area (Å²) in [5, 5.41) is 11.7. The molecular formula is C12H8FIN2O2. The molecule has 0 radical (unpaired) electrons. The maximum Gasteiger partial charge on any atom is 0.354 e. The number of aromatic nitrogens is 1. The van der Waals surface area contributed by atoms with Crippen LogP contribution < -0.4 is 5.32 Å². The third-order valence-electron chi connectivity index (χ3n) is 2.18. The molecule has 0 saturated heterocycles. The Morgan fingerprint density at radius 1 is 1.28 bits per heavy atom. The summed E-state index contributed by atoms with van der Waals surface area (Å²) in [5.74, 6) is -1.08. The monoisotopic (exact) mass is 358 g/mol. The number of rotatable bonds is 3. The van der Waals surface area contributed by atoms with Crippen molar-refractivity contribution in [2.45, 2.75) is 0 Å². The number of pyridine rings is 1. The van der Waals surface area contributed by atoms with Gasteiger partial charge in [0.15, 0.2) is 5.69 Å². The maximum atomic E-state index is 13.3. The number of anilines is 2. The van der Waals surface area contributed by atoms with E-state index in [1.165, 1.54) is 12.1 Å². The van der Waals surface area contributed by atoms with E-state index in [2.05, 4.69) is 10.3 Å². The van der Waals surface area contributed by atoms with E-state index < -0.39 is 5.97 Å². The smallest absolute Gasteiger partial charge is 0.354 e. The molecule has 1 heterocycles. The first-order valence-corrected chi connectivity index (χ1v) is 6.07. The molecule has 0 spiro atoms. The van der Waals surface area contributed by atoms with Gasteiger partial charge >= 0.3 is 5.97 Å². The van der Waals surface area contributed by atoms with Gasteiger partial charge in [-0.1, -0.05) is 12.1 Å². The second-order valence-corrected chi connectivity index (χ2v) is 4.52. The molecule has 0 bridgehead atoms. The van der Waals surface area contributed by atoms with E-state index in [1.807, 2.05) is 22.6 Å². The number of aromatic carboxylic acids is 1. The minimum absolute atomic E-state index is 0.0635. The molecule has 1 aromatic carbocycles. The van der Waals surface area contributed by atoms with Gasteiger partial charge in [0.2, 0.25) is 0 Å². The largest absolute Gasteiger partial charge is 0.477 e. The van der Waals surface area contributed by atoms with E-state index in [1.54, 1.807) is 24.3 Å². The van der Waals surface area contributed by atoms with Gasteiger partial charge in [-0.3, -0.25) is 0 Å². The predicted molar refractivity (Wildman–Crippen MR) is 73.6 cm³/mol. The van der Waals surface area contributed by atoms with Gasteiger partial charge in [0.25, 0.3) is 0 Å². The van der Waals surface area contributed by atoms with Crippen LogP contribution in [-0.2, 0) is 0 Å². The van der Waals surface area contributed by atoms with Gasteiger partial charge in [0, 0.05) is 0 Å². The second-order valence-electron chi connectivity index (χ2n) is 3.44.